The van der Waals surface area contributed by atoms with Crippen molar-refractivity contribution in [2.24, 2.45) is 0 Å². The van der Waals surface area contributed by atoms with Gasteiger partial charge in [-0.2, -0.15) is 0 Å². The molecule has 0 bridgehead atoms. The molecule has 0 amide bonds. The van der Waals surface area contributed by atoms with Crippen LogP contribution < -0.4 is 10.2 Å². The minimum Gasteiger partial charge on any atom is -0.853 e. The molecule has 0 aliphatic heterocycles. The predicted octanol–water partition coefficient (Wildman–Crippen LogP) is -2.39. The number of rotatable bonds is 4. The average molecular weight is 288 g/mol. The summed E-state index contributed by atoms with van der Waals surface area (Å²) in [5.74, 6) is 0. The van der Waals surface area contributed by atoms with E-state index in [2.05, 4.69) is 9.47 Å². The molecule has 0 heterocycles. The van der Waals surface area contributed by atoms with Crippen molar-refractivity contribution in [1.82, 2.24) is 0 Å². The molecule has 0 aliphatic rings. The van der Waals surface area contributed by atoms with E-state index < -0.39 is 0 Å². The van der Waals surface area contributed by atoms with Crippen molar-refractivity contribution in [3.05, 3.63) is 0 Å². The third-order valence-electron chi connectivity index (χ3n) is 0.575. The molecule has 0 rings (SSSR count). The topological polar surface area (TPSA) is 64.6 Å². The van der Waals surface area contributed by atoms with Crippen LogP contribution in [0, 0.1) is 0 Å². The smallest absolute Gasteiger partial charge is 0.853 e. The van der Waals surface area contributed by atoms with Crippen LogP contribution in [-0.4, -0.2) is 89.5 Å². The first-order chi connectivity index (χ1) is 4.83. The zero-order valence-corrected chi connectivity index (χ0v) is 11.6. The molecular formula is C6H14BaO4. The van der Waals surface area contributed by atoms with E-state index in [1.165, 1.54) is 14.2 Å². The summed E-state index contributed by atoms with van der Waals surface area (Å²) in [6, 6.07) is 0. The maximum atomic E-state index is 9.40. The van der Waals surface area contributed by atoms with Gasteiger partial charge in [0, 0.05) is 27.4 Å². The van der Waals surface area contributed by atoms with Gasteiger partial charge in [0.15, 0.2) is 0 Å². The molecule has 0 N–H and O–H groups in total. The maximum absolute atomic E-state index is 9.40. The third-order valence-corrected chi connectivity index (χ3v) is 0.575. The van der Waals surface area contributed by atoms with E-state index in [-0.39, 0.29) is 62.1 Å². The first kappa shape index (κ1) is 18.2. The molecule has 11 heavy (non-hydrogen) atoms. The van der Waals surface area contributed by atoms with Gasteiger partial charge in [-0.3, -0.25) is 0 Å². The van der Waals surface area contributed by atoms with Gasteiger partial charge in [0.2, 0.25) is 0 Å². The van der Waals surface area contributed by atoms with Crippen LogP contribution in [0.4, 0.5) is 0 Å². The molecule has 0 radical (unpaired) electrons. The summed E-state index contributed by atoms with van der Waals surface area (Å²) in [6.45, 7) is 0.410. The molecule has 64 valence electrons. The normalized spacial score (nSPS) is 7.64. The van der Waals surface area contributed by atoms with Gasteiger partial charge in [0.1, 0.15) is 0 Å². The van der Waals surface area contributed by atoms with Gasteiger partial charge in [-0.05, 0) is 0 Å². The third kappa shape index (κ3) is 34.5. The molecule has 0 aromatic heterocycles. The van der Waals surface area contributed by atoms with E-state index in [4.69, 9.17) is 0 Å². The summed E-state index contributed by atoms with van der Waals surface area (Å²) in [5.41, 5.74) is 0. The largest absolute Gasteiger partial charge is 2.00 e. The van der Waals surface area contributed by atoms with Gasteiger partial charge in [0.25, 0.3) is 0 Å². The van der Waals surface area contributed by atoms with E-state index in [1.807, 2.05) is 0 Å². The second kappa shape index (κ2) is 22.5. The Hall–Kier alpha value is 1.41. The number of ether oxygens (including phenoxy) is 2. The first-order valence-electron chi connectivity index (χ1n) is 2.97. The van der Waals surface area contributed by atoms with Crippen molar-refractivity contribution >= 4 is 48.9 Å². The Kier molecular flexibility index (Phi) is 37.4. The van der Waals surface area contributed by atoms with E-state index >= 15 is 0 Å². The Labute approximate surface area is 108 Å². The van der Waals surface area contributed by atoms with Crippen LogP contribution in [0.2, 0.25) is 0 Å². The molecule has 0 saturated carbocycles. The minimum absolute atomic E-state index is 0. The summed E-state index contributed by atoms with van der Waals surface area (Å²) in [4.78, 5) is 0. The van der Waals surface area contributed by atoms with Crippen molar-refractivity contribution in [1.29, 1.82) is 0 Å². The van der Waals surface area contributed by atoms with E-state index in [0.29, 0.717) is 13.2 Å². The Morgan fingerprint density at radius 1 is 0.909 bits per heavy atom. The fourth-order valence-electron chi connectivity index (χ4n) is 0.167. The van der Waals surface area contributed by atoms with Crippen molar-refractivity contribution in [3.63, 3.8) is 0 Å². The van der Waals surface area contributed by atoms with E-state index in [0.717, 1.165) is 0 Å². The monoisotopic (exact) mass is 288 g/mol. The van der Waals surface area contributed by atoms with Crippen LogP contribution in [0.5, 0.6) is 0 Å². The molecule has 0 atom stereocenters. The number of hydrogen-bond donors (Lipinski definition) is 0. The van der Waals surface area contributed by atoms with Crippen molar-refractivity contribution in [2.45, 2.75) is 0 Å². The van der Waals surface area contributed by atoms with Crippen LogP contribution in [0.1, 0.15) is 0 Å². The summed E-state index contributed by atoms with van der Waals surface area (Å²) in [7, 11) is 3.02. The fraction of sp³-hybridized carbons (Fsp3) is 1.00. The van der Waals surface area contributed by atoms with Crippen molar-refractivity contribution < 1.29 is 19.7 Å². The van der Waals surface area contributed by atoms with Gasteiger partial charge < -0.3 is 19.7 Å². The molecule has 0 unspecified atom stereocenters. The first-order valence-corrected chi connectivity index (χ1v) is 2.97. The molecule has 4 nitrogen and oxygen atoms in total. The Bertz CT molecular complexity index is 35.6. The van der Waals surface area contributed by atoms with Gasteiger partial charge >= 0.3 is 48.9 Å². The summed E-state index contributed by atoms with van der Waals surface area (Å²) < 4.78 is 8.76. The van der Waals surface area contributed by atoms with Crippen LogP contribution in [0.3, 0.4) is 0 Å². The molecule has 0 aliphatic carbocycles. The van der Waals surface area contributed by atoms with Gasteiger partial charge in [-0.15, -0.1) is 13.2 Å². The Morgan fingerprint density at radius 3 is 1.18 bits per heavy atom. The quantitative estimate of drug-likeness (QED) is 0.541. The van der Waals surface area contributed by atoms with Gasteiger partial charge in [-0.1, -0.05) is 0 Å². The summed E-state index contributed by atoms with van der Waals surface area (Å²) in [5, 5.41) is 18.8. The molecule has 5 heteroatoms. The second-order valence-electron chi connectivity index (χ2n) is 1.39. The standard InChI is InChI=1S/2C3H7O2.Ba/c2*1-5-3-2-4;/h2*2-3H2,1H3;/q2*-1;+2. The molecule has 0 saturated heterocycles. The van der Waals surface area contributed by atoms with Crippen molar-refractivity contribution in [3.8, 4) is 0 Å². The fourth-order valence-corrected chi connectivity index (χ4v) is 0.167. The molecule has 0 aromatic rings. The molecule has 0 aromatic carbocycles. The molecule has 0 fully saturated rings. The van der Waals surface area contributed by atoms with Crippen LogP contribution >= 0.6 is 0 Å². The zero-order chi connectivity index (χ0) is 8.24. The van der Waals surface area contributed by atoms with E-state index in [9.17, 15) is 10.2 Å². The number of methoxy groups -OCH3 is 2. The van der Waals surface area contributed by atoms with Crippen LogP contribution in [0.15, 0.2) is 0 Å². The van der Waals surface area contributed by atoms with Crippen molar-refractivity contribution in [2.75, 3.05) is 40.6 Å². The Morgan fingerprint density at radius 2 is 1.18 bits per heavy atom. The Balaban J connectivity index is -0.000000107. The van der Waals surface area contributed by atoms with Gasteiger partial charge in [0.05, 0.1) is 0 Å². The van der Waals surface area contributed by atoms with Gasteiger partial charge in [-0.25, -0.2) is 0 Å². The minimum atomic E-state index is -0.128. The predicted molar refractivity (Wildman–Crippen MR) is 39.2 cm³/mol. The second-order valence-corrected chi connectivity index (χ2v) is 1.39. The maximum Gasteiger partial charge on any atom is 2.00 e. The SMILES string of the molecule is COCC[O-].COCC[O-].[Ba+2]. The summed E-state index contributed by atoms with van der Waals surface area (Å²) >= 11 is 0. The van der Waals surface area contributed by atoms with Crippen LogP contribution in [-0.2, 0) is 9.47 Å². The van der Waals surface area contributed by atoms with E-state index in [1.54, 1.807) is 0 Å². The summed E-state index contributed by atoms with van der Waals surface area (Å²) in [6.07, 6.45) is 0. The number of hydrogen-bond acceptors (Lipinski definition) is 4. The average Bonchev–Trinajstić information content (AvgIpc) is 1.93. The zero-order valence-electron chi connectivity index (χ0n) is 7.17. The molecular weight excluding hydrogens is 273 g/mol. The molecule has 0 spiro atoms. The van der Waals surface area contributed by atoms with Crippen LogP contribution in [0.25, 0.3) is 0 Å².